The van der Waals surface area contributed by atoms with Gasteiger partial charge in [0.1, 0.15) is 5.82 Å². The van der Waals surface area contributed by atoms with E-state index < -0.39 is 0 Å². The third-order valence-corrected chi connectivity index (χ3v) is 3.33. The normalized spacial score (nSPS) is 16.6. The van der Waals surface area contributed by atoms with Crippen LogP contribution in [0.5, 0.6) is 5.88 Å². The summed E-state index contributed by atoms with van der Waals surface area (Å²) in [5.41, 5.74) is 0.742. The van der Waals surface area contributed by atoms with Gasteiger partial charge >= 0.3 is 0 Å². The van der Waals surface area contributed by atoms with E-state index in [0.717, 1.165) is 5.69 Å². The number of anilines is 2. The Balaban J connectivity index is 1.72. The van der Waals surface area contributed by atoms with Gasteiger partial charge in [-0.1, -0.05) is 11.6 Å². The van der Waals surface area contributed by atoms with Crippen LogP contribution < -0.4 is 15.0 Å². The molecule has 0 saturated heterocycles. The Hall–Kier alpha value is -2.41. The Kier molecular flexibility index (Phi) is 4.06. The van der Waals surface area contributed by atoms with Gasteiger partial charge in [-0.3, -0.25) is 9.78 Å². The van der Waals surface area contributed by atoms with Gasteiger partial charge in [0, 0.05) is 18.8 Å². The lowest BCUT2D eigenvalue weighted by Gasteiger charge is -2.33. The molecule has 3 rings (SSSR count). The monoisotopic (exact) mass is 319 g/mol. The number of aromatic nitrogens is 3. The van der Waals surface area contributed by atoms with Crippen molar-refractivity contribution in [1.29, 1.82) is 0 Å². The van der Waals surface area contributed by atoms with Gasteiger partial charge < -0.3 is 15.0 Å². The van der Waals surface area contributed by atoms with Gasteiger partial charge in [-0.2, -0.15) is 4.98 Å². The van der Waals surface area contributed by atoms with E-state index in [4.69, 9.17) is 16.3 Å². The highest BCUT2D eigenvalue weighted by Gasteiger charge is 2.26. The van der Waals surface area contributed by atoms with Gasteiger partial charge in [0.25, 0.3) is 5.91 Å². The average Bonchev–Trinajstić information content (AvgIpc) is 2.52. The summed E-state index contributed by atoms with van der Waals surface area (Å²) in [6, 6.07) is 3.75. The Morgan fingerprint density at radius 1 is 1.55 bits per heavy atom. The minimum atomic E-state index is -0.177. The highest BCUT2D eigenvalue weighted by Crippen LogP contribution is 2.28. The van der Waals surface area contributed by atoms with Crippen molar-refractivity contribution in [3.8, 4) is 5.88 Å². The van der Waals surface area contributed by atoms with Crippen LogP contribution in [0.1, 0.15) is 6.92 Å². The molecule has 1 unspecified atom stereocenters. The van der Waals surface area contributed by atoms with Crippen LogP contribution in [0, 0.1) is 0 Å². The average molecular weight is 320 g/mol. The molecule has 1 amide bonds. The van der Waals surface area contributed by atoms with Crippen LogP contribution in [0.3, 0.4) is 0 Å². The lowest BCUT2D eigenvalue weighted by atomic mass is 10.2. The first-order valence-corrected chi connectivity index (χ1v) is 7.13. The third kappa shape index (κ3) is 3.09. The number of hydrogen-bond donors (Lipinski definition) is 1. The van der Waals surface area contributed by atoms with E-state index in [1.54, 1.807) is 17.2 Å². The number of carbonyl (C=O) groups excluding carboxylic acids is 1. The molecule has 0 aromatic carbocycles. The highest BCUT2D eigenvalue weighted by atomic mass is 35.5. The summed E-state index contributed by atoms with van der Waals surface area (Å²) in [5, 5.41) is 3.46. The molecule has 0 spiro atoms. The van der Waals surface area contributed by atoms with Crippen molar-refractivity contribution < 1.29 is 9.53 Å². The fraction of sp³-hybridized carbons (Fsp3) is 0.286. The molecule has 8 heteroatoms. The Labute approximate surface area is 132 Å². The number of fused-ring (bicyclic) bond motifs is 1. The molecule has 0 bridgehead atoms. The summed E-state index contributed by atoms with van der Waals surface area (Å²) >= 11 is 5.73. The molecule has 22 heavy (non-hydrogen) atoms. The maximum atomic E-state index is 12.4. The zero-order valence-corrected chi connectivity index (χ0v) is 12.6. The zero-order chi connectivity index (χ0) is 15.5. The van der Waals surface area contributed by atoms with Crippen LogP contribution in [0.2, 0.25) is 5.15 Å². The molecule has 0 fully saturated rings. The number of halogens is 1. The van der Waals surface area contributed by atoms with E-state index in [1.165, 1.54) is 12.4 Å². The Morgan fingerprint density at radius 2 is 2.41 bits per heavy atom. The number of ether oxygens (including phenoxy) is 1. The topological polar surface area (TPSA) is 80.2 Å². The van der Waals surface area contributed by atoms with Crippen molar-refractivity contribution in [3.05, 3.63) is 35.9 Å². The number of pyridine rings is 1. The second kappa shape index (κ2) is 6.15. The summed E-state index contributed by atoms with van der Waals surface area (Å²) in [7, 11) is 0. The van der Waals surface area contributed by atoms with Crippen LogP contribution >= 0.6 is 11.6 Å². The lowest BCUT2D eigenvalue weighted by Crippen LogP contribution is -2.45. The van der Waals surface area contributed by atoms with E-state index in [0.29, 0.717) is 12.4 Å². The third-order valence-electron chi connectivity index (χ3n) is 3.14. The maximum absolute atomic E-state index is 12.4. The minimum Gasteiger partial charge on any atom is -0.466 e. The molecule has 0 aliphatic carbocycles. The SMILES string of the molecule is CC1CN(C(=O)COc2cncc(Cl)n2)c2cccnc2N1. The van der Waals surface area contributed by atoms with Crippen molar-refractivity contribution in [2.75, 3.05) is 23.4 Å². The zero-order valence-electron chi connectivity index (χ0n) is 11.9. The fourth-order valence-corrected chi connectivity index (χ4v) is 2.36. The fourth-order valence-electron chi connectivity index (χ4n) is 2.22. The molecule has 2 aromatic heterocycles. The largest absolute Gasteiger partial charge is 0.466 e. The number of hydrogen-bond acceptors (Lipinski definition) is 6. The van der Waals surface area contributed by atoms with Crippen molar-refractivity contribution >= 4 is 29.0 Å². The molecule has 0 radical (unpaired) electrons. The second-order valence-electron chi connectivity index (χ2n) is 4.89. The van der Waals surface area contributed by atoms with Crippen molar-refractivity contribution in [1.82, 2.24) is 15.0 Å². The molecule has 1 atom stereocenters. The molecule has 7 nitrogen and oxygen atoms in total. The number of rotatable bonds is 3. The van der Waals surface area contributed by atoms with Gasteiger partial charge in [-0.05, 0) is 19.1 Å². The molecule has 0 saturated carbocycles. The standard InChI is InChI=1S/C14H14ClN5O2/c1-9-7-20(10-3-2-4-17-14(10)18-9)13(21)8-22-12-6-16-5-11(15)19-12/h2-6,9H,7-8H2,1H3,(H,17,18). The Bertz CT molecular complexity index is 696. The predicted octanol–water partition coefficient (Wildman–Crippen LogP) is 1.75. The van der Waals surface area contributed by atoms with Gasteiger partial charge in [0.15, 0.2) is 11.8 Å². The van der Waals surface area contributed by atoms with E-state index in [2.05, 4.69) is 20.3 Å². The first-order chi connectivity index (χ1) is 10.6. The van der Waals surface area contributed by atoms with Crippen molar-refractivity contribution in [3.63, 3.8) is 0 Å². The van der Waals surface area contributed by atoms with E-state index in [-0.39, 0.29) is 29.6 Å². The van der Waals surface area contributed by atoms with Crippen LogP contribution in [0.15, 0.2) is 30.7 Å². The maximum Gasteiger partial charge on any atom is 0.265 e. The molecule has 114 valence electrons. The van der Waals surface area contributed by atoms with Crippen molar-refractivity contribution in [2.24, 2.45) is 0 Å². The smallest absolute Gasteiger partial charge is 0.265 e. The van der Waals surface area contributed by atoms with E-state index in [9.17, 15) is 4.79 Å². The lowest BCUT2D eigenvalue weighted by molar-refractivity contribution is -0.120. The summed E-state index contributed by atoms with van der Waals surface area (Å²) in [4.78, 5) is 26.1. The predicted molar refractivity (Wildman–Crippen MR) is 82.2 cm³/mol. The summed E-state index contributed by atoms with van der Waals surface area (Å²) in [6.45, 7) is 2.39. The Morgan fingerprint density at radius 3 is 3.23 bits per heavy atom. The molecule has 1 N–H and O–H groups in total. The summed E-state index contributed by atoms with van der Waals surface area (Å²) in [5.74, 6) is 0.733. The van der Waals surface area contributed by atoms with Crippen LogP contribution in [-0.4, -0.2) is 40.1 Å². The molecular formula is C14H14ClN5O2. The number of nitrogens with one attached hydrogen (secondary N) is 1. The first-order valence-electron chi connectivity index (χ1n) is 6.76. The number of carbonyl (C=O) groups is 1. The number of amides is 1. The van der Waals surface area contributed by atoms with Gasteiger partial charge in [0.05, 0.1) is 18.1 Å². The summed E-state index contributed by atoms with van der Waals surface area (Å²) in [6.07, 6.45) is 4.50. The molecular weight excluding hydrogens is 306 g/mol. The van der Waals surface area contributed by atoms with Crippen LogP contribution in [-0.2, 0) is 4.79 Å². The minimum absolute atomic E-state index is 0.109. The highest BCUT2D eigenvalue weighted by molar-refractivity contribution is 6.29. The molecule has 1 aliphatic heterocycles. The van der Waals surface area contributed by atoms with Gasteiger partial charge in [-0.25, -0.2) is 4.98 Å². The quantitative estimate of drug-likeness (QED) is 0.928. The molecule has 3 heterocycles. The number of nitrogens with zero attached hydrogens (tertiary/aromatic N) is 4. The van der Waals surface area contributed by atoms with Crippen LogP contribution in [0.25, 0.3) is 0 Å². The second-order valence-corrected chi connectivity index (χ2v) is 5.28. The van der Waals surface area contributed by atoms with Gasteiger partial charge in [-0.15, -0.1) is 0 Å². The van der Waals surface area contributed by atoms with Gasteiger partial charge in [0.2, 0.25) is 5.88 Å². The van der Waals surface area contributed by atoms with E-state index in [1.807, 2.05) is 13.0 Å². The van der Waals surface area contributed by atoms with E-state index >= 15 is 0 Å². The van der Waals surface area contributed by atoms with Crippen LogP contribution in [0.4, 0.5) is 11.5 Å². The first kappa shape index (κ1) is 14.5. The van der Waals surface area contributed by atoms with Crippen molar-refractivity contribution in [2.45, 2.75) is 13.0 Å². The molecule has 2 aromatic rings. The summed E-state index contributed by atoms with van der Waals surface area (Å²) < 4.78 is 5.36. The molecule has 1 aliphatic rings.